The van der Waals surface area contributed by atoms with Crippen LogP contribution in [0.3, 0.4) is 0 Å². The van der Waals surface area contributed by atoms with Gasteiger partial charge in [-0.15, -0.1) is 0 Å². The fourth-order valence-corrected chi connectivity index (χ4v) is 2.68. The van der Waals surface area contributed by atoms with Crippen LogP contribution < -0.4 is 5.32 Å². The molecule has 0 saturated heterocycles. The van der Waals surface area contributed by atoms with Crippen LogP contribution in [0.1, 0.15) is 45.1 Å². The van der Waals surface area contributed by atoms with Crippen molar-refractivity contribution in [3.05, 3.63) is 29.8 Å². The first-order chi connectivity index (χ1) is 10.0. The van der Waals surface area contributed by atoms with E-state index < -0.39 is 5.97 Å². The number of rotatable bonds is 6. The summed E-state index contributed by atoms with van der Waals surface area (Å²) in [5.74, 6) is -0.804. The highest BCUT2D eigenvalue weighted by molar-refractivity contribution is 5.70. The van der Waals surface area contributed by atoms with Crippen LogP contribution >= 0.6 is 0 Å². The van der Waals surface area contributed by atoms with Gasteiger partial charge in [0.2, 0.25) is 0 Å². The van der Waals surface area contributed by atoms with E-state index in [1.807, 2.05) is 13.8 Å². The molecule has 0 aromatic heterocycles. The molecule has 0 amide bonds. The number of carboxylic acids is 1. The second-order valence-electron chi connectivity index (χ2n) is 6.09. The number of anilines is 1. The Morgan fingerprint density at radius 3 is 2.38 bits per heavy atom. The van der Waals surface area contributed by atoms with E-state index in [2.05, 4.69) is 29.6 Å². The van der Waals surface area contributed by atoms with Gasteiger partial charge in [0, 0.05) is 11.7 Å². The van der Waals surface area contributed by atoms with Crippen molar-refractivity contribution in [1.82, 2.24) is 0 Å². The van der Waals surface area contributed by atoms with Crippen molar-refractivity contribution in [3.63, 3.8) is 0 Å². The molecule has 116 valence electrons. The molecule has 1 aromatic carbocycles. The Hall–Kier alpha value is -1.55. The third-order valence-corrected chi connectivity index (χ3v) is 3.98. The lowest BCUT2D eigenvalue weighted by molar-refractivity contribution is -0.142. The Labute approximate surface area is 126 Å². The average molecular weight is 291 g/mol. The summed E-state index contributed by atoms with van der Waals surface area (Å²) in [5.41, 5.74) is 2.27. The zero-order valence-corrected chi connectivity index (χ0v) is 12.8. The van der Waals surface area contributed by atoms with Crippen LogP contribution in [0.4, 0.5) is 5.69 Å². The molecule has 0 bridgehead atoms. The smallest absolute Gasteiger partial charge is 0.306 e. The number of ether oxygens (including phenoxy) is 1. The first-order valence-electron chi connectivity index (χ1n) is 7.74. The van der Waals surface area contributed by atoms with Crippen LogP contribution in [0, 0.1) is 5.92 Å². The maximum Gasteiger partial charge on any atom is 0.306 e. The second kappa shape index (κ2) is 7.46. The van der Waals surface area contributed by atoms with E-state index in [1.54, 1.807) is 0 Å². The Morgan fingerprint density at radius 1 is 1.24 bits per heavy atom. The number of carbonyl (C=O) groups is 1. The van der Waals surface area contributed by atoms with Gasteiger partial charge in [-0.25, -0.2) is 0 Å². The quantitative estimate of drug-likeness (QED) is 0.839. The minimum absolute atomic E-state index is 0.154. The van der Waals surface area contributed by atoms with E-state index in [-0.39, 0.29) is 12.0 Å². The van der Waals surface area contributed by atoms with Crippen molar-refractivity contribution >= 4 is 11.7 Å². The summed E-state index contributed by atoms with van der Waals surface area (Å²) >= 11 is 0. The van der Waals surface area contributed by atoms with Gasteiger partial charge in [0.1, 0.15) is 0 Å². The summed E-state index contributed by atoms with van der Waals surface area (Å²) in [5, 5.41) is 12.5. The van der Waals surface area contributed by atoms with Crippen molar-refractivity contribution < 1.29 is 14.6 Å². The summed E-state index contributed by atoms with van der Waals surface area (Å²) in [4.78, 5) is 10.9. The molecule has 1 aliphatic rings. The van der Waals surface area contributed by atoms with Gasteiger partial charge in [0.25, 0.3) is 0 Å². The molecule has 0 radical (unpaired) electrons. The highest BCUT2D eigenvalue weighted by Crippen LogP contribution is 2.26. The van der Waals surface area contributed by atoms with E-state index in [4.69, 9.17) is 9.84 Å². The van der Waals surface area contributed by atoms with Crippen LogP contribution in [0.15, 0.2) is 24.3 Å². The molecule has 0 aliphatic heterocycles. The highest BCUT2D eigenvalue weighted by Gasteiger charge is 2.25. The minimum atomic E-state index is -0.650. The normalized spacial score (nSPS) is 22.2. The fourth-order valence-electron chi connectivity index (χ4n) is 2.68. The summed E-state index contributed by atoms with van der Waals surface area (Å²) in [6.45, 7) is 4.70. The van der Waals surface area contributed by atoms with Crippen molar-refractivity contribution in [3.8, 4) is 0 Å². The highest BCUT2D eigenvalue weighted by atomic mass is 16.5. The number of benzene rings is 1. The van der Waals surface area contributed by atoms with Crippen LogP contribution in [0.2, 0.25) is 0 Å². The number of aliphatic carboxylic acids is 1. The van der Waals surface area contributed by atoms with Gasteiger partial charge in [0.05, 0.1) is 18.6 Å². The predicted molar refractivity (Wildman–Crippen MR) is 83.4 cm³/mol. The van der Waals surface area contributed by atoms with Crippen LogP contribution in [0.25, 0.3) is 0 Å². The first-order valence-corrected chi connectivity index (χ1v) is 7.74. The molecular formula is C17H25NO3. The molecule has 0 spiro atoms. The predicted octanol–water partition coefficient (Wildman–Crippen LogP) is 3.67. The van der Waals surface area contributed by atoms with Gasteiger partial charge in [-0.1, -0.05) is 12.1 Å². The van der Waals surface area contributed by atoms with E-state index >= 15 is 0 Å². The topological polar surface area (TPSA) is 58.6 Å². The Morgan fingerprint density at radius 2 is 1.86 bits per heavy atom. The largest absolute Gasteiger partial charge is 0.481 e. The Kier molecular flexibility index (Phi) is 5.62. The van der Waals surface area contributed by atoms with Crippen LogP contribution in [-0.2, 0) is 16.1 Å². The molecule has 2 rings (SSSR count). The lowest BCUT2D eigenvalue weighted by Crippen LogP contribution is -2.29. The standard InChI is InChI=1S/C17H25NO3/c1-12(2)21-11-13-3-7-15(8-4-13)18-16-9-5-14(6-10-16)17(19)20/h3-4,7-8,12,14,16,18H,5-6,9-11H2,1-2H3,(H,19,20). The van der Waals surface area contributed by atoms with Crippen LogP contribution in [0.5, 0.6) is 0 Å². The molecule has 21 heavy (non-hydrogen) atoms. The maximum absolute atomic E-state index is 10.9. The van der Waals surface area contributed by atoms with Gasteiger partial charge in [-0.2, -0.15) is 0 Å². The Balaban J connectivity index is 1.80. The number of hydrogen-bond donors (Lipinski definition) is 2. The summed E-state index contributed by atoms with van der Waals surface area (Å²) < 4.78 is 5.58. The van der Waals surface area contributed by atoms with Crippen molar-refractivity contribution in [1.29, 1.82) is 0 Å². The SMILES string of the molecule is CC(C)OCc1ccc(NC2CCC(C(=O)O)CC2)cc1. The van der Waals surface area contributed by atoms with Gasteiger partial charge in [-0.3, -0.25) is 4.79 Å². The summed E-state index contributed by atoms with van der Waals surface area (Å²) in [6, 6.07) is 8.68. The average Bonchev–Trinajstić information content (AvgIpc) is 2.47. The Bertz CT molecular complexity index is 448. The van der Waals surface area contributed by atoms with Gasteiger partial charge >= 0.3 is 5.97 Å². The summed E-state index contributed by atoms with van der Waals surface area (Å²) in [7, 11) is 0. The lowest BCUT2D eigenvalue weighted by atomic mass is 9.86. The minimum Gasteiger partial charge on any atom is -0.481 e. The number of hydrogen-bond acceptors (Lipinski definition) is 3. The maximum atomic E-state index is 10.9. The second-order valence-corrected chi connectivity index (χ2v) is 6.09. The van der Waals surface area contributed by atoms with Crippen molar-refractivity contribution in [2.45, 2.75) is 58.3 Å². The first kappa shape index (κ1) is 15.8. The monoisotopic (exact) mass is 291 g/mol. The molecule has 1 aliphatic carbocycles. The molecule has 4 nitrogen and oxygen atoms in total. The molecular weight excluding hydrogens is 266 g/mol. The van der Waals surface area contributed by atoms with E-state index in [9.17, 15) is 4.79 Å². The molecule has 4 heteroatoms. The van der Waals surface area contributed by atoms with Gasteiger partial charge in [-0.05, 0) is 57.2 Å². The van der Waals surface area contributed by atoms with E-state index in [1.165, 1.54) is 5.56 Å². The third kappa shape index (κ3) is 5.05. The molecule has 1 fully saturated rings. The van der Waals surface area contributed by atoms with Crippen LogP contribution in [-0.4, -0.2) is 23.2 Å². The molecule has 2 N–H and O–H groups in total. The fraction of sp³-hybridized carbons (Fsp3) is 0.588. The third-order valence-electron chi connectivity index (χ3n) is 3.98. The zero-order chi connectivity index (χ0) is 15.2. The number of carboxylic acid groups (broad SMARTS) is 1. The summed E-state index contributed by atoms with van der Waals surface area (Å²) in [6.07, 6.45) is 3.64. The molecule has 0 heterocycles. The molecule has 1 aromatic rings. The zero-order valence-electron chi connectivity index (χ0n) is 12.8. The van der Waals surface area contributed by atoms with Crippen molar-refractivity contribution in [2.24, 2.45) is 5.92 Å². The lowest BCUT2D eigenvalue weighted by Gasteiger charge is -2.27. The van der Waals surface area contributed by atoms with Gasteiger partial charge in [0.15, 0.2) is 0 Å². The van der Waals surface area contributed by atoms with Crippen molar-refractivity contribution in [2.75, 3.05) is 5.32 Å². The van der Waals surface area contributed by atoms with E-state index in [0.29, 0.717) is 12.6 Å². The number of nitrogens with one attached hydrogen (secondary N) is 1. The molecule has 1 saturated carbocycles. The van der Waals surface area contributed by atoms with Gasteiger partial charge < -0.3 is 15.2 Å². The van der Waals surface area contributed by atoms with E-state index in [0.717, 1.165) is 31.4 Å². The molecule has 0 unspecified atom stereocenters. The molecule has 0 atom stereocenters.